The molecule has 0 saturated carbocycles. The van der Waals surface area contributed by atoms with Gasteiger partial charge in [-0.25, -0.2) is 0 Å². The van der Waals surface area contributed by atoms with Crippen LogP contribution in [0.2, 0.25) is 0 Å². The van der Waals surface area contributed by atoms with Crippen LogP contribution in [0.3, 0.4) is 0 Å². The molecule has 162 valence electrons. The van der Waals surface area contributed by atoms with Crippen molar-refractivity contribution in [1.82, 2.24) is 16.2 Å². The van der Waals surface area contributed by atoms with Crippen LogP contribution in [-0.2, 0) is 4.79 Å². The zero-order valence-corrected chi connectivity index (χ0v) is 17.5. The zero-order chi connectivity index (χ0) is 22.2. The van der Waals surface area contributed by atoms with E-state index in [0.717, 1.165) is 18.2 Å². The number of para-hydroxylation sites is 1. The molecule has 3 aromatic rings. The van der Waals surface area contributed by atoms with E-state index in [-0.39, 0.29) is 12.3 Å². The molecule has 0 aliphatic carbocycles. The minimum atomic E-state index is -0.577. The average Bonchev–Trinajstić information content (AvgIpc) is 3.13. The summed E-state index contributed by atoms with van der Waals surface area (Å²) in [6.45, 7) is 4.18. The van der Waals surface area contributed by atoms with Gasteiger partial charge in [0.2, 0.25) is 0 Å². The number of amides is 3. The highest BCUT2D eigenvalue weighted by Gasteiger charge is 2.18. The van der Waals surface area contributed by atoms with Crippen molar-refractivity contribution in [3.63, 3.8) is 0 Å². The van der Waals surface area contributed by atoms with Gasteiger partial charge in [-0.2, -0.15) is 0 Å². The first kappa shape index (κ1) is 21.9. The van der Waals surface area contributed by atoms with Crippen molar-refractivity contribution in [2.45, 2.75) is 26.7 Å². The van der Waals surface area contributed by atoms with Gasteiger partial charge >= 0.3 is 5.91 Å². The lowest BCUT2D eigenvalue weighted by atomic mass is 10.1. The van der Waals surface area contributed by atoms with Crippen molar-refractivity contribution in [3.05, 3.63) is 65.4 Å². The lowest BCUT2D eigenvalue weighted by Crippen LogP contribution is -2.46. The van der Waals surface area contributed by atoms with Gasteiger partial charge in [0.25, 0.3) is 11.8 Å². The van der Waals surface area contributed by atoms with Crippen LogP contribution in [0.15, 0.2) is 52.9 Å². The third-order valence-electron chi connectivity index (χ3n) is 4.66. The third-order valence-corrected chi connectivity index (χ3v) is 4.66. The van der Waals surface area contributed by atoms with E-state index in [1.165, 1.54) is 0 Å². The van der Waals surface area contributed by atoms with Crippen LogP contribution in [0.1, 0.15) is 46.2 Å². The van der Waals surface area contributed by atoms with Gasteiger partial charge < -0.3 is 14.5 Å². The number of hydrogen-bond acceptors (Lipinski definition) is 5. The smallest absolute Gasteiger partial charge is 0.305 e. The molecule has 3 N–H and O–H groups in total. The summed E-state index contributed by atoms with van der Waals surface area (Å²) in [5.74, 6) is -0.755. The second kappa shape index (κ2) is 10.3. The largest absolute Gasteiger partial charge is 0.494 e. The van der Waals surface area contributed by atoms with Crippen LogP contribution in [0.5, 0.6) is 5.75 Å². The maximum atomic E-state index is 12.3. The molecule has 0 aliphatic rings. The van der Waals surface area contributed by atoms with Gasteiger partial charge in [-0.1, -0.05) is 31.5 Å². The lowest BCUT2D eigenvalue weighted by molar-refractivity contribution is -0.120. The first-order valence-corrected chi connectivity index (χ1v) is 10.1. The molecule has 0 bridgehead atoms. The predicted molar refractivity (Wildman–Crippen MR) is 116 cm³/mol. The van der Waals surface area contributed by atoms with Crippen molar-refractivity contribution in [2.75, 3.05) is 13.2 Å². The normalized spacial score (nSPS) is 10.5. The van der Waals surface area contributed by atoms with Gasteiger partial charge in [0.05, 0.1) is 13.2 Å². The first-order chi connectivity index (χ1) is 15.0. The monoisotopic (exact) mass is 423 g/mol. The molecular formula is C23H25N3O5. The second-order valence-electron chi connectivity index (χ2n) is 6.96. The van der Waals surface area contributed by atoms with Gasteiger partial charge in [0, 0.05) is 16.5 Å². The minimum Gasteiger partial charge on any atom is -0.494 e. The summed E-state index contributed by atoms with van der Waals surface area (Å²) in [4.78, 5) is 36.5. The number of aryl methyl sites for hydroxylation is 1. The quantitative estimate of drug-likeness (QED) is 0.381. The number of hydrazine groups is 1. The summed E-state index contributed by atoms with van der Waals surface area (Å²) in [6.07, 6.45) is 2.00. The first-order valence-electron chi connectivity index (χ1n) is 10.1. The molecule has 1 aromatic heterocycles. The number of rotatable bonds is 8. The number of unbranched alkanes of at least 4 members (excludes halogenated alkanes) is 1. The molecule has 0 atom stereocenters. The van der Waals surface area contributed by atoms with Crippen molar-refractivity contribution in [3.8, 4) is 5.75 Å². The van der Waals surface area contributed by atoms with Gasteiger partial charge in [0.1, 0.15) is 11.3 Å². The summed E-state index contributed by atoms with van der Waals surface area (Å²) in [7, 11) is 0. The number of carbonyl (C=O) groups is 3. The molecule has 0 spiro atoms. The number of fused-ring (bicyclic) bond motifs is 1. The van der Waals surface area contributed by atoms with Crippen LogP contribution in [-0.4, -0.2) is 30.9 Å². The fraction of sp³-hybridized carbons (Fsp3) is 0.261. The molecule has 0 radical (unpaired) electrons. The highest BCUT2D eigenvalue weighted by atomic mass is 16.5. The minimum absolute atomic E-state index is 0.117. The Bertz CT molecular complexity index is 1070. The predicted octanol–water partition coefficient (Wildman–Crippen LogP) is 3.11. The van der Waals surface area contributed by atoms with Gasteiger partial charge in [-0.05, 0) is 43.7 Å². The Morgan fingerprint density at radius 2 is 1.71 bits per heavy atom. The Balaban J connectivity index is 1.45. The van der Waals surface area contributed by atoms with Crippen molar-refractivity contribution < 1.29 is 23.5 Å². The Labute approximate surface area is 179 Å². The molecule has 31 heavy (non-hydrogen) atoms. The summed E-state index contributed by atoms with van der Waals surface area (Å²) in [6, 6.07) is 13.9. The molecule has 0 unspecified atom stereocenters. The highest BCUT2D eigenvalue weighted by Crippen LogP contribution is 2.24. The van der Waals surface area contributed by atoms with Gasteiger partial charge in [0.15, 0.2) is 5.76 Å². The molecule has 8 nitrogen and oxygen atoms in total. The van der Waals surface area contributed by atoms with Crippen LogP contribution in [0.4, 0.5) is 0 Å². The van der Waals surface area contributed by atoms with Gasteiger partial charge in [-0.15, -0.1) is 0 Å². The van der Waals surface area contributed by atoms with E-state index >= 15 is 0 Å². The van der Waals surface area contributed by atoms with E-state index < -0.39 is 17.7 Å². The molecule has 2 aromatic carbocycles. The summed E-state index contributed by atoms with van der Waals surface area (Å²) in [5, 5.41) is 3.33. The number of hydrogen-bond donors (Lipinski definition) is 3. The number of nitrogens with one attached hydrogen (secondary N) is 3. The van der Waals surface area contributed by atoms with Crippen molar-refractivity contribution in [2.24, 2.45) is 0 Å². The molecule has 0 aliphatic heterocycles. The maximum absolute atomic E-state index is 12.3. The van der Waals surface area contributed by atoms with Gasteiger partial charge in [-0.3, -0.25) is 25.2 Å². The average molecular weight is 423 g/mol. The molecule has 0 fully saturated rings. The van der Waals surface area contributed by atoms with E-state index in [1.54, 1.807) is 37.3 Å². The zero-order valence-electron chi connectivity index (χ0n) is 17.5. The fourth-order valence-corrected chi connectivity index (χ4v) is 2.92. The molecule has 0 saturated heterocycles. The Morgan fingerprint density at radius 1 is 0.968 bits per heavy atom. The molecule has 3 amide bonds. The van der Waals surface area contributed by atoms with Crippen molar-refractivity contribution in [1.29, 1.82) is 0 Å². The SMILES string of the molecule is CCCCOc1ccc(C(=O)NCC(=O)NNC(=O)c2oc3ccccc3c2C)cc1. The summed E-state index contributed by atoms with van der Waals surface area (Å²) in [5.41, 5.74) is 6.23. The number of ether oxygens (including phenoxy) is 1. The number of benzene rings is 2. The molecular weight excluding hydrogens is 398 g/mol. The topological polar surface area (TPSA) is 110 Å². The third kappa shape index (κ3) is 5.63. The molecule has 3 rings (SSSR count). The molecule has 8 heteroatoms. The number of carbonyl (C=O) groups excluding carboxylic acids is 3. The summed E-state index contributed by atoms with van der Waals surface area (Å²) >= 11 is 0. The van der Waals surface area contributed by atoms with E-state index in [9.17, 15) is 14.4 Å². The second-order valence-corrected chi connectivity index (χ2v) is 6.96. The van der Waals surface area contributed by atoms with E-state index in [2.05, 4.69) is 23.1 Å². The Morgan fingerprint density at radius 3 is 2.42 bits per heavy atom. The number of furan rings is 1. The lowest BCUT2D eigenvalue weighted by Gasteiger charge is -2.09. The van der Waals surface area contributed by atoms with E-state index in [1.807, 2.05) is 18.2 Å². The summed E-state index contributed by atoms with van der Waals surface area (Å²) < 4.78 is 11.1. The molecule has 1 heterocycles. The highest BCUT2D eigenvalue weighted by molar-refractivity contribution is 6.00. The Kier molecular flexibility index (Phi) is 7.26. The fourth-order valence-electron chi connectivity index (χ4n) is 2.92. The maximum Gasteiger partial charge on any atom is 0.305 e. The van der Waals surface area contributed by atoms with Crippen LogP contribution in [0, 0.1) is 6.92 Å². The van der Waals surface area contributed by atoms with Crippen LogP contribution >= 0.6 is 0 Å². The standard InChI is InChI=1S/C23H25N3O5/c1-3-4-13-30-17-11-9-16(10-12-17)22(28)24-14-20(27)25-26-23(29)21-15(2)18-7-5-6-8-19(18)31-21/h5-12H,3-4,13-14H2,1-2H3,(H,24,28)(H,25,27)(H,26,29). The van der Waals surface area contributed by atoms with E-state index in [0.29, 0.717) is 29.1 Å². The Hall–Kier alpha value is -3.81. The van der Waals surface area contributed by atoms with Crippen LogP contribution in [0.25, 0.3) is 11.0 Å². The van der Waals surface area contributed by atoms with Crippen molar-refractivity contribution >= 4 is 28.7 Å². The van der Waals surface area contributed by atoms with Crippen LogP contribution < -0.4 is 20.9 Å². The van der Waals surface area contributed by atoms with E-state index in [4.69, 9.17) is 9.15 Å².